The molecule has 0 aromatic rings. The molecular weight excluding hydrogens is 303 g/mol. The topological polar surface area (TPSA) is 68.8 Å². The van der Waals surface area contributed by atoms with Crippen LogP contribution in [0, 0.1) is 5.92 Å². The van der Waals surface area contributed by atoms with Crippen molar-refractivity contribution in [3.63, 3.8) is 0 Å². The third kappa shape index (κ3) is 19.2. The van der Waals surface area contributed by atoms with Gasteiger partial charge in [-0.05, 0) is 7.05 Å². The van der Waals surface area contributed by atoms with Gasteiger partial charge in [0.05, 0.1) is 46.2 Å². The van der Waals surface area contributed by atoms with Crippen molar-refractivity contribution in [2.75, 3.05) is 59.8 Å². The van der Waals surface area contributed by atoms with Crippen molar-refractivity contribution in [3.05, 3.63) is 0 Å². The van der Waals surface area contributed by atoms with Crippen molar-refractivity contribution < 1.29 is 23.4 Å². The van der Waals surface area contributed by atoms with Crippen LogP contribution in [0.4, 0.5) is 4.39 Å². The van der Waals surface area contributed by atoms with Gasteiger partial charge in [-0.1, -0.05) is 27.7 Å². The van der Waals surface area contributed by atoms with Gasteiger partial charge in [-0.2, -0.15) is 0 Å². The molecule has 140 valence electrons. The molecule has 0 aromatic carbocycles. The molecule has 0 spiro atoms. The van der Waals surface area contributed by atoms with Gasteiger partial charge >= 0.3 is 0 Å². The van der Waals surface area contributed by atoms with Crippen LogP contribution in [0.1, 0.15) is 27.7 Å². The molecule has 0 radical (unpaired) electrons. The highest BCUT2D eigenvalue weighted by molar-refractivity contribution is 5.77. The Bertz CT molecular complexity index is 256. The minimum absolute atomic E-state index is 0.0167. The first-order valence-electron chi connectivity index (χ1n) is 8.37. The van der Waals surface area contributed by atoms with Gasteiger partial charge in [-0.3, -0.25) is 4.79 Å². The molecule has 2 N–H and O–H groups in total. The summed E-state index contributed by atoms with van der Waals surface area (Å²) in [5.41, 5.74) is 0. The molecular formula is C16H35FN2O4. The zero-order chi connectivity index (χ0) is 17.9. The lowest BCUT2D eigenvalue weighted by atomic mass is 10.2. The van der Waals surface area contributed by atoms with Crippen molar-refractivity contribution in [1.82, 2.24) is 10.6 Å². The molecule has 1 amide bonds. The predicted molar refractivity (Wildman–Crippen MR) is 90.5 cm³/mol. The number of nitrogens with one attached hydrogen (secondary N) is 2. The summed E-state index contributed by atoms with van der Waals surface area (Å²) in [5, 5.41) is 5.49. The summed E-state index contributed by atoms with van der Waals surface area (Å²) in [6.45, 7) is 10.7. The molecule has 1 atom stereocenters. The third-order valence-electron chi connectivity index (χ3n) is 2.56. The molecule has 0 aliphatic heterocycles. The van der Waals surface area contributed by atoms with Gasteiger partial charge in [-0.25, -0.2) is 4.39 Å². The Morgan fingerprint density at radius 3 is 2.04 bits per heavy atom. The van der Waals surface area contributed by atoms with Crippen LogP contribution < -0.4 is 10.6 Å². The second-order valence-electron chi connectivity index (χ2n) is 4.90. The fraction of sp³-hybridized carbons (Fsp3) is 0.938. The number of likely N-dealkylation sites (N-methyl/N-ethyl adjacent to an activating group) is 1. The lowest BCUT2D eigenvalue weighted by Crippen LogP contribution is -2.35. The van der Waals surface area contributed by atoms with Crippen LogP contribution in [0.2, 0.25) is 0 Å². The summed E-state index contributed by atoms with van der Waals surface area (Å²) < 4.78 is 29.0. The first-order valence-corrected chi connectivity index (χ1v) is 8.37. The second-order valence-corrected chi connectivity index (χ2v) is 4.90. The zero-order valence-corrected chi connectivity index (χ0v) is 15.3. The summed E-state index contributed by atoms with van der Waals surface area (Å²) in [7, 11) is 1.86. The number of ether oxygens (including phenoxy) is 3. The number of hydrogen-bond acceptors (Lipinski definition) is 5. The molecule has 6 nitrogen and oxygen atoms in total. The average Bonchev–Trinajstić information content (AvgIpc) is 2.56. The van der Waals surface area contributed by atoms with Gasteiger partial charge in [0.15, 0.2) is 0 Å². The highest BCUT2D eigenvalue weighted by Crippen LogP contribution is 1.94. The van der Waals surface area contributed by atoms with Gasteiger partial charge in [0.25, 0.3) is 0 Å². The van der Waals surface area contributed by atoms with Gasteiger partial charge < -0.3 is 24.8 Å². The molecule has 23 heavy (non-hydrogen) atoms. The molecule has 0 rings (SSSR count). The Labute approximate surface area is 140 Å². The molecule has 7 heteroatoms. The van der Waals surface area contributed by atoms with Crippen molar-refractivity contribution in [1.29, 1.82) is 0 Å². The van der Waals surface area contributed by atoms with Crippen molar-refractivity contribution in [3.8, 4) is 0 Å². The number of rotatable bonds is 14. The van der Waals surface area contributed by atoms with Crippen LogP contribution in [0.25, 0.3) is 0 Å². The molecule has 0 fully saturated rings. The van der Waals surface area contributed by atoms with E-state index in [0.717, 1.165) is 6.54 Å². The Balaban J connectivity index is 0. The van der Waals surface area contributed by atoms with Crippen LogP contribution in [0.3, 0.4) is 0 Å². The van der Waals surface area contributed by atoms with Gasteiger partial charge in [-0.15, -0.1) is 0 Å². The van der Waals surface area contributed by atoms with E-state index in [9.17, 15) is 9.18 Å². The van der Waals surface area contributed by atoms with E-state index >= 15 is 0 Å². The van der Waals surface area contributed by atoms with Crippen LogP contribution in [0.15, 0.2) is 0 Å². The Hall–Kier alpha value is -0.760. The van der Waals surface area contributed by atoms with E-state index < -0.39 is 6.17 Å². The van der Waals surface area contributed by atoms with Crippen LogP contribution >= 0.6 is 0 Å². The van der Waals surface area contributed by atoms with E-state index in [-0.39, 0.29) is 25.0 Å². The Kier molecular flexibility index (Phi) is 20.5. The molecule has 0 aromatic heterocycles. The first kappa shape index (κ1) is 24.5. The van der Waals surface area contributed by atoms with Crippen molar-refractivity contribution >= 4 is 5.91 Å². The summed E-state index contributed by atoms with van der Waals surface area (Å²) in [6.07, 6.45) is -1.20. The number of hydrogen-bond donors (Lipinski definition) is 2. The average molecular weight is 338 g/mol. The number of carbonyl (C=O) groups excluding carboxylic acids is 1. The monoisotopic (exact) mass is 338 g/mol. The van der Waals surface area contributed by atoms with E-state index in [1.807, 2.05) is 20.9 Å². The quantitative estimate of drug-likeness (QED) is 0.469. The van der Waals surface area contributed by atoms with Crippen LogP contribution in [-0.2, 0) is 19.0 Å². The SMILES string of the molecule is CC.CNCCOCCOCCOCC(F)CNC(=O)C(C)C. The van der Waals surface area contributed by atoms with Gasteiger partial charge in [0, 0.05) is 12.5 Å². The minimum atomic E-state index is -1.20. The van der Waals surface area contributed by atoms with E-state index in [4.69, 9.17) is 14.2 Å². The molecule has 0 heterocycles. The van der Waals surface area contributed by atoms with Crippen LogP contribution in [0.5, 0.6) is 0 Å². The van der Waals surface area contributed by atoms with Gasteiger partial charge in [0.1, 0.15) is 6.17 Å². The first-order chi connectivity index (χ1) is 11.1. The highest BCUT2D eigenvalue weighted by Gasteiger charge is 2.11. The maximum atomic E-state index is 13.4. The number of carbonyl (C=O) groups is 1. The fourth-order valence-electron chi connectivity index (χ4n) is 1.30. The molecule has 0 bridgehead atoms. The van der Waals surface area contributed by atoms with Crippen molar-refractivity contribution in [2.45, 2.75) is 33.9 Å². The summed E-state index contributed by atoms with van der Waals surface area (Å²) in [6, 6.07) is 0. The number of alkyl halides is 1. The molecule has 0 aliphatic carbocycles. The third-order valence-corrected chi connectivity index (χ3v) is 2.56. The lowest BCUT2D eigenvalue weighted by molar-refractivity contribution is -0.124. The molecule has 0 saturated carbocycles. The van der Waals surface area contributed by atoms with E-state index in [0.29, 0.717) is 33.0 Å². The Morgan fingerprint density at radius 1 is 1.00 bits per heavy atom. The number of amides is 1. The lowest BCUT2D eigenvalue weighted by Gasteiger charge is -2.12. The smallest absolute Gasteiger partial charge is 0.222 e. The van der Waals surface area contributed by atoms with E-state index in [1.54, 1.807) is 13.8 Å². The highest BCUT2D eigenvalue weighted by atomic mass is 19.1. The van der Waals surface area contributed by atoms with Crippen LogP contribution in [-0.4, -0.2) is 71.9 Å². The molecule has 1 unspecified atom stereocenters. The Morgan fingerprint density at radius 2 is 1.52 bits per heavy atom. The minimum Gasteiger partial charge on any atom is -0.378 e. The second kappa shape index (κ2) is 19.3. The predicted octanol–water partition coefficient (Wildman–Crippen LogP) is 1.39. The maximum absolute atomic E-state index is 13.4. The summed E-state index contributed by atoms with van der Waals surface area (Å²) in [5.74, 6) is -0.291. The summed E-state index contributed by atoms with van der Waals surface area (Å²) in [4.78, 5) is 11.2. The molecule has 0 aliphatic rings. The van der Waals surface area contributed by atoms with Gasteiger partial charge in [0.2, 0.25) is 5.91 Å². The normalized spacial score (nSPS) is 11.8. The largest absolute Gasteiger partial charge is 0.378 e. The zero-order valence-electron chi connectivity index (χ0n) is 15.3. The molecule has 0 saturated heterocycles. The maximum Gasteiger partial charge on any atom is 0.222 e. The fourth-order valence-corrected chi connectivity index (χ4v) is 1.30. The standard InChI is InChI=1S/C14H29FN2O4.C2H6/c1-12(2)14(18)17-10-13(15)11-21-9-8-20-7-6-19-5-4-16-3;1-2/h12-13,16H,4-11H2,1-3H3,(H,17,18);1-2H3. The number of halogens is 1. The summed E-state index contributed by atoms with van der Waals surface area (Å²) >= 11 is 0. The van der Waals surface area contributed by atoms with E-state index in [1.165, 1.54) is 0 Å². The van der Waals surface area contributed by atoms with E-state index in [2.05, 4.69) is 10.6 Å². The van der Waals surface area contributed by atoms with Crippen molar-refractivity contribution in [2.24, 2.45) is 5.92 Å².